The number of hydrogen-bond donors (Lipinski definition) is 1. The van der Waals surface area contributed by atoms with E-state index in [1.54, 1.807) is 49.6 Å². The van der Waals surface area contributed by atoms with Crippen LogP contribution in [0, 0.1) is 0 Å². The van der Waals surface area contributed by atoms with Crippen LogP contribution in [0.4, 0.5) is 0 Å². The monoisotopic (exact) mass is 367 g/mol. The molecule has 3 rings (SSSR count). The van der Waals surface area contributed by atoms with Crippen LogP contribution in [0.15, 0.2) is 65.3 Å². The van der Waals surface area contributed by atoms with Gasteiger partial charge in [-0.1, -0.05) is 54.2 Å². The van der Waals surface area contributed by atoms with Crippen molar-refractivity contribution < 1.29 is 14.3 Å². The number of methoxy groups -OCH3 is 1. The molecular formula is C19H17N3O3S. The highest BCUT2D eigenvalue weighted by molar-refractivity contribution is 8.14. The Hall–Kier alpha value is -2.90. The van der Waals surface area contributed by atoms with Gasteiger partial charge in [0.15, 0.2) is 11.0 Å². The first-order valence-electron chi connectivity index (χ1n) is 7.83. The number of rotatable bonds is 5. The van der Waals surface area contributed by atoms with Crippen LogP contribution in [-0.4, -0.2) is 34.7 Å². The third-order valence-corrected chi connectivity index (χ3v) is 4.66. The first-order chi connectivity index (χ1) is 12.6. The molecule has 6 nitrogen and oxygen atoms in total. The van der Waals surface area contributed by atoms with Crippen LogP contribution in [0.1, 0.15) is 15.9 Å². The van der Waals surface area contributed by atoms with Gasteiger partial charge >= 0.3 is 0 Å². The quantitative estimate of drug-likeness (QED) is 0.380. The van der Waals surface area contributed by atoms with E-state index in [1.165, 1.54) is 0 Å². The van der Waals surface area contributed by atoms with E-state index in [9.17, 15) is 9.59 Å². The van der Waals surface area contributed by atoms with Crippen molar-refractivity contribution in [3.05, 3.63) is 71.4 Å². The van der Waals surface area contributed by atoms with Crippen molar-refractivity contribution in [2.45, 2.75) is 0 Å². The van der Waals surface area contributed by atoms with Crippen LogP contribution in [-0.2, 0) is 4.79 Å². The van der Waals surface area contributed by atoms with Crippen molar-refractivity contribution in [3.63, 3.8) is 0 Å². The van der Waals surface area contributed by atoms with E-state index in [0.29, 0.717) is 10.7 Å². The van der Waals surface area contributed by atoms with Gasteiger partial charge in [0, 0.05) is 5.56 Å². The standard InChI is InChI=1S/C19H17N3O3S/c1-25-15-9-7-13(8-10-15)11-16-18(24)22(20)19(21-16)26-12-17(23)14-5-3-2-4-6-14/h2-11H,12,20H2,1H3/b16-11-. The average molecular weight is 367 g/mol. The van der Waals surface area contributed by atoms with E-state index >= 15 is 0 Å². The van der Waals surface area contributed by atoms with Crippen molar-refractivity contribution in [1.29, 1.82) is 0 Å². The summed E-state index contributed by atoms with van der Waals surface area (Å²) in [6, 6.07) is 16.2. The number of thioether (sulfide) groups is 1. The topological polar surface area (TPSA) is 85.0 Å². The molecular weight excluding hydrogens is 350 g/mol. The number of nitrogens with zero attached hydrogens (tertiary/aromatic N) is 2. The second-order valence-electron chi connectivity index (χ2n) is 5.45. The second-order valence-corrected chi connectivity index (χ2v) is 6.39. The van der Waals surface area contributed by atoms with Gasteiger partial charge in [-0.3, -0.25) is 9.59 Å². The number of carbonyl (C=O) groups excluding carboxylic acids is 2. The molecule has 0 radical (unpaired) electrons. The first kappa shape index (κ1) is 17.9. The molecule has 0 aliphatic carbocycles. The molecule has 0 saturated carbocycles. The van der Waals surface area contributed by atoms with Gasteiger partial charge in [0.1, 0.15) is 11.4 Å². The summed E-state index contributed by atoms with van der Waals surface area (Å²) in [6.45, 7) is 0. The number of amidine groups is 1. The summed E-state index contributed by atoms with van der Waals surface area (Å²) >= 11 is 1.14. The number of hydrazine groups is 1. The fourth-order valence-electron chi connectivity index (χ4n) is 2.31. The van der Waals surface area contributed by atoms with Crippen LogP contribution in [0.25, 0.3) is 6.08 Å². The molecule has 0 fully saturated rings. The molecule has 2 aromatic carbocycles. The maximum absolute atomic E-state index is 12.3. The lowest BCUT2D eigenvalue weighted by Crippen LogP contribution is -2.37. The molecule has 2 N–H and O–H groups in total. The number of hydrogen-bond acceptors (Lipinski definition) is 6. The molecule has 7 heteroatoms. The molecule has 0 bridgehead atoms. The normalized spacial score (nSPS) is 15.3. The molecule has 0 spiro atoms. The Labute approximate surface area is 155 Å². The summed E-state index contributed by atoms with van der Waals surface area (Å²) in [4.78, 5) is 28.7. The Kier molecular flexibility index (Phi) is 5.50. The van der Waals surface area contributed by atoms with E-state index in [0.717, 1.165) is 28.1 Å². The number of carbonyl (C=O) groups is 2. The molecule has 132 valence electrons. The number of aliphatic imine (C=N–C) groups is 1. The zero-order valence-corrected chi connectivity index (χ0v) is 14.9. The molecule has 26 heavy (non-hydrogen) atoms. The molecule has 0 aromatic heterocycles. The number of ether oxygens (including phenoxy) is 1. The smallest absolute Gasteiger partial charge is 0.292 e. The highest BCUT2D eigenvalue weighted by Gasteiger charge is 2.28. The van der Waals surface area contributed by atoms with Gasteiger partial charge in [0.25, 0.3) is 5.91 Å². The third-order valence-electron chi connectivity index (χ3n) is 3.71. The van der Waals surface area contributed by atoms with Crippen molar-refractivity contribution in [2.24, 2.45) is 10.8 Å². The summed E-state index contributed by atoms with van der Waals surface area (Å²) in [5.74, 6) is 6.22. The zero-order chi connectivity index (χ0) is 18.5. The predicted octanol–water partition coefficient (Wildman–Crippen LogP) is 2.72. The molecule has 1 aliphatic heterocycles. The first-order valence-corrected chi connectivity index (χ1v) is 8.81. The Morgan fingerprint density at radius 1 is 1.19 bits per heavy atom. The maximum Gasteiger partial charge on any atom is 0.292 e. The van der Waals surface area contributed by atoms with Gasteiger partial charge in [-0.05, 0) is 23.8 Å². The largest absolute Gasteiger partial charge is 0.497 e. The Balaban J connectivity index is 1.71. The number of ketones is 1. The van der Waals surface area contributed by atoms with E-state index in [2.05, 4.69) is 4.99 Å². The summed E-state index contributed by atoms with van der Waals surface area (Å²) in [6.07, 6.45) is 1.65. The average Bonchev–Trinajstić information content (AvgIpc) is 2.95. The number of benzene rings is 2. The number of amides is 1. The van der Waals surface area contributed by atoms with E-state index < -0.39 is 5.91 Å². The third kappa shape index (κ3) is 4.01. The lowest BCUT2D eigenvalue weighted by molar-refractivity contribution is -0.122. The van der Waals surface area contributed by atoms with Gasteiger partial charge in [-0.2, -0.15) is 0 Å². The Morgan fingerprint density at radius 2 is 1.88 bits per heavy atom. The Bertz CT molecular complexity index is 877. The molecule has 1 heterocycles. The van der Waals surface area contributed by atoms with Crippen molar-refractivity contribution in [2.75, 3.05) is 12.9 Å². The minimum atomic E-state index is -0.407. The van der Waals surface area contributed by atoms with Crippen LogP contribution in [0.3, 0.4) is 0 Å². The van der Waals surface area contributed by atoms with Crippen LogP contribution < -0.4 is 10.6 Å². The fraction of sp³-hybridized carbons (Fsp3) is 0.105. The number of Topliss-reactive ketones (excluding diaryl/α,β-unsaturated/α-hetero) is 1. The summed E-state index contributed by atoms with van der Waals surface area (Å²) in [7, 11) is 1.59. The van der Waals surface area contributed by atoms with Gasteiger partial charge in [-0.25, -0.2) is 15.8 Å². The highest BCUT2D eigenvalue weighted by atomic mass is 32.2. The fourth-order valence-corrected chi connectivity index (χ4v) is 3.12. The molecule has 0 atom stereocenters. The Morgan fingerprint density at radius 3 is 2.54 bits per heavy atom. The molecule has 1 amide bonds. The van der Waals surface area contributed by atoms with E-state index in [1.807, 2.05) is 18.2 Å². The lowest BCUT2D eigenvalue weighted by Gasteiger charge is -2.09. The van der Waals surface area contributed by atoms with Gasteiger partial charge < -0.3 is 4.74 Å². The predicted molar refractivity (Wildman–Crippen MR) is 103 cm³/mol. The van der Waals surface area contributed by atoms with Crippen LogP contribution >= 0.6 is 11.8 Å². The minimum absolute atomic E-state index is 0.0493. The zero-order valence-electron chi connectivity index (χ0n) is 14.1. The lowest BCUT2D eigenvalue weighted by atomic mass is 10.2. The summed E-state index contributed by atoms with van der Waals surface area (Å²) in [5.41, 5.74) is 1.65. The van der Waals surface area contributed by atoms with Crippen molar-refractivity contribution in [1.82, 2.24) is 5.01 Å². The van der Waals surface area contributed by atoms with Crippen LogP contribution in [0.5, 0.6) is 5.75 Å². The maximum atomic E-state index is 12.3. The van der Waals surface area contributed by atoms with Gasteiger partial charge in [0.2, 0.25) is 0 Å². The van der Waals surface area contributed by atoms with Gasteiger partial charge in [-0.15, -0.1) is 0 Å². The number of nitrogens with two attached hydrogens (primary N) is 1. The molecule has 1 aliphatic rings. The molecule has 0 saturated heterocycles. The van der Waals surface area contributed by atoms with E-state index in [-0.39, 0.29) is 17.2 Å². The van der Waals surface area contributed by atoms with E-state index in [4.69, 9.17) is 10.6 Å². The van der Waals surface area contributed by atoms with Crippen LogP contribution in [0.2, 0.25) is 0 Å². The summed E-state index contributed by atoms with van der Waals surface area (Å²) in [5, 5.41) is 1.28. The SMILES string of the molecule is COc1ccc(/C=C2\N=C(SCC(=O)c3ccccc3)N(N)C2=O)cc1. The second kappa shape index (κ2) is 7.99. The highest BCUT2D eigenvalue weighted by Crippen LogP contribution is 2.23. The summed E-state index contributed by atoms with van der Waals surface area (Å²) < 4.78 is 5.11. The molecule has 2 aromatic rings. The van der Waals surface area contributed by atoms with Crippen molar-refractivity contribution in [3.8, 4) is 5.75 Å². The molecule has 0 unspecified atom stereocenters. The van der Waals surface area contributed by atoms with Gasteiger partial charge in [0.05, 0.1) is 12.9 Å². The minimum Gasteiger partial charge on any atom is -0.497 e. The van der Waals surface area contributed by atoms with Crippen molar-refractivity contribution >= 4 is 34.7 Å².